The molecular weight excluding hydrogens is 314 g/mol. The van der Waals surface area contributed by atoms with Gasteiger partial charge in [-0.3, -0.25) is 0 Å². The van der Waals surface area contributed by atoms with E-state index in [4.69, 9.17) is 4.74 Å². The van der Waals surface area contributed by atoms with Crippen molar-refractivity contribution in [3.05, 3.63) is 53.3 Å². The van der Waals surface area contributed by atoms with E-state index in [-0.39, 0.29) is 0 Å². The maximum absolute atomic E-state index is 5.30. The zero-order valence-corrected chi connectivity index (χ0v) is 14.7. The first-order valence-corrected chi connectivity index (χ1v) is 8.10. The van der Waals surface area contributed by atoms with Gasteiger partial charge in [-0.25, -0.2) is 9.97 Å². The van der Waals surface area contributed by atoms with Crippen LogP contribution in [0.2, 0.25) is 0 Å². The fourth-order valence-electron chi connectivity index (χ4n) is 3.08. The van der Waals surface area contributed by atoms with Crippen LogP contribution in [0.15, 0.2) is 36.4 Å². The first-order valence-electron chi connectivity index (χ1n) is 8.10. The highest BCUT2D eigenvalue weighted by Gasteiger charge is 2.14. The van der Waals surface area contributed by atoms with Crippen LogP contribution < -0.4 is 10.1 Å². The maximum atomic E-state index is 5.30. The fourth-order valence-corrected chi connectivity index (χ4v) is 3.08. The molecular formula is C19H19N5O. The van der Waals surface area contributed by atoms with Gasteiger partial charge in [0.05, 0.1) is 12.5 Å². The number of benzene rings is 1. The van der Waals surface area contributed by atoms with E-state index in [0.717, 1.165) is 45.2 Å². The van der Waals surface area contributed by atoms with Crippen LogP contribution in [-0.4, -0.2) is 26.7 Å². The van der Waals surface area contributed by atoms with Crippen molar-refractivity contribution in [1.29, 1.82) is 0 Å². The largest absolute Gasteiger partial charge is 0.497 e. The van der Waals surface area contributed by atoms with Gasteiger partial charge in [0.2, 0.25) is 0 Å². The molecule has 4 aromatic rings. The smallest absolute Gasteiger partial charge is 0.184 e. The van der Waals surface area contributed by atoms with E-state index >= 15 is 0 Å². The van der Waals surface area contributed by atoms with Gasteiger partial charge >= 0.3 is 0 Å². The Morgan fingerprint density at radius 2 is 1.80 bits per heavy atom. The molecule has 0 atom stereocenters. The van der Waals surface area contributed by atoms with Crippen molar-refractivity contribution in [3.63, 3.8) is 0 Å². The number of ether oxygens (including phenoxy) is 1. The van der Waals surface area contributed by atoms with Crippen molar-refractivity contribution in [3.8, 4) is 5.75 Å². The molecule has 0 spiro atoms. The summed E-state index contributed by atoms with van der Waals surface area (Å²) in [5.41, 5.74) is 5.44. The summed E-state index contributed by atoms with van der Waals surface area (Å²) < 4.78 is 7.11. The molecule has 0 unspecified atom stereocenters. The molecule has 1 aromatic carbocycles. The molecule has 0 radical (unpaired) electrons. The van der Waals surface area contributed by atoms with Gasteiger partial charge in [-0.1, -0.05) is 6.07 Å². The lowest BCUT2D eigenvalue weighted by molar-refractivity contribution is 0.415. The minimum atomic E-state index is 0.712. The third kappa shape index (κ3) is 2.65. The van der Waals surface area contributed by atoms with Crippen molar-refractivity contribution in [2.75, 3.05) is 12.4 Å². The Bertz CT molecular complexity index is 1100. The average molecular weight is 333 g/mol. The third-order valence-corrected chi connectivity index (χ3v) is 4.14. The summed E-state index contributed by atoms with van der Waals surface area (Å²) in [5, 5.41) is 9.07. The van der Waals surface area contributed by atoms with Crippen molar-refractivity contribution in [1.82, 2.24) is 19.6 Å². The summed E-state index contributed by atoms with van der Waals surface area (Å²) in [6.07, 6.45) is 0. The van der Waals surface area contributed by atoms with Crippen LogP contribution >= 0.6 is 0 Å². The van der Waals surface area contributed by atoms with Crippen molar-refractivity contribution >= 4 is 28.2 Å². The van der Waals surface area contributed by atoms with Gasteiger partial charge in [-0.05, 0) is 44.5 Å². The summed E-state index contributed by atoms with van der Waals surface area (Å²) in [6, 6.07) is 11.8. The molecule has 0 amide bonds. The number of hydrogen-bond donors (Lipinski definition) is 1. The maximum Gasteiger partial charge on any atom is 0.184 e. The van der Waals surface area contributed by atoms with Crippen LogP contribution in [0.5, 0.6) is 5.75 Å². The van der Waals surface area contributed by atoms with E-state index in [1.807, 2.05) is 48.7 Å². The lowest BCUT2D eigenvalue weighted by Crippen LogP contribution is -2.02. The first-order chi connectivity index (χ1) is 12.0. The monoisotopic (exact) mass is 333 g/mol. The van der Waals surface area contributed by atoms with Gasteiger partial charge in [0.15, 0.2) is 11.3 Å². The average Bonchev–Trinajstić information content (AvgIpc) is 2.93. The van der Waals surface area contributed by atoms with Crippen molar-refractivity contribution < 1.29 is 4.74 Å². The minimum absolute atomic E-state index is 0.712. The summed E-state index contributed by atoms with van der Waals surface area (Å²) >= 11 is 0. The summed E-state index contributed by atoms with van der Waals surface area (Å²) in [7, 11) is 1.66. The summed E-state index contributed by atoms with van der Waals surface area (Å²) in [5.74, 6) is 1.64. The van der Waals surface area contributed by atoms with Crippen LogP contribution in [0, 0.1) is 20.8 Å². The number of methoxy groups -OCH3 is 1. The van der Waals surface area contributed by atoms with E-state index < -0.39 is 0 Å². The second-order valence-corrected chi connectivity index (χ2v) is 6.15. The number of rotatable bonds is 3. The molecule has 25 heavy (non-hydrogen) atoms. The topological polar surface area (TPSA) is 64.3 Å². The number of nitrogens with one attached hydrogen (secondary N) is 1. The second kappa shape index (κ2) is 5.73. The zero-order valence-electron chi connectivity index (χ0n) is 14.7. The third-order valence-electron chi connectivity index (χ3n) is 4.14. The number of pyridine rings is 1. The Hall–Kier alpha value is -3.15. The number of aryl methyl sites for hydroxylation is 3. The SMILES string of the molecule is COc1cccc(Nc2cc(C)nc3c4c(C)cc(C)nc4nn23)c1. The van der Waals surface area contributed by atoms with Crippen LogP contribution in [0.25, 0.3) is 16.7 Å². The quantitative estimate of drug-likeness (QED) is 0.615. The molecule has 0 bridgehead atoms. The second-order valence-electron chi connectivity index (χ2n) is 6.15. The number of fused-ring (bicyclic) bond motifs is 3. The molecule has 0 aliphatic heterocycles. The number of hydrogen-bond acceptors (Lipinski definition) is 5. The van der Waals surface area contributed by atoms with Crippen LogP contribution in [0.4, 0.5) is 11.5 Å². The Labute approximate surface area is 145 Å². The molecule has 0 fully saturated rings. The normalized spacial score (nSPS) is 11.2. The van der Waals surface area contributed by atoms with Crippen molar-refractivity contribution in [2.24, 2.45) is 0 Å². The molecule has 0 saturated carbocycles. The summed E-state index contributed by atoms with van der Waals surface area (Å²) in [6.45, 7) is 6.02. The van der Waals surface area contributed by atoms with Crippen LogP contribution in [-0.2, 0) is 0 Å². The standard InChI is InChI=1S/C19H19N5O/c1-11-8-12(2)20-18-17(11)19-21-13(3)9-16(24(19)23-18)22-14-6-5-7-15(10-14)25-4/h5-10,22H,1-4H3. The molecule has 0 saturated heterocycles. The lowest BCUT2D eigenvalue weighted by Gasteiger charge is -2.10. The van der Waals surface area contributed by atoms with Crippen LogP contribution in [0.3, 0.4) is 0 Å². The predicted molar refractivity (Wildman–Crippen MR) is 98.8 cm³/mol. The van der Waals surface area contributed by atoms with E-state index in [9.17, 15) is 0 Å². The molecule has 3 aromatic heterocycles. The fraction of sp³-hybridized carbons (Fsp3) is 0.211. The first kappa shape index (κ1) is 15.4. The molecule has 6 nitrogen and oxygen atoms in total. The molecule has 1 N–H and O–H groups in total. The highest BCUT2D eigenvalue weighted by molar-refractivity contribution is 5.93. The van der Waals surface area contributed by atoms with Gasteiger partial charge < -0.3 is 10.1 Å². The Balaban J connectivity index is 1.93. The number of aromatic nitrogens is 4. The zero-order chi connectivity index (χ0) is 17.6. The molecule has 6 heteroatoms. The van der Waals surface area contributed by atoms with E-state index in [1.165, 1.54) is 0 Å². The highest BCUT2D eigenvalue weighted by Crippen LogP contribution is 2.27. The van der Waals surface area contributed by atoms with E-state index in [2.05, 4.69) is 33.4 Å². The number of nitrogens with zero attached hydrogens (tertiary/aromatic N) is 4. The summed E-state index contributed by atoms with van der Waals surface area (Å²) in [4.78, 5) is 9.25. The highest BCUT2D eigenvalue weighted by atomic mass is 16.5. The van der Waals surface area contributed by atoms with E-state index in [1.54, 1.807) is 7.11 Å². The molecule has 126 valence electrons. The van der Waals surface area contributed by atoms with Gasteiger partial charge in [0, 0.05) is 29.2 Å². The molecule has 3 heterocycles. The van der Waals surface area contributed by atoms with E-state index in [0.29, 0.717) is 5.65 Å². The Morgan fingerprint density at radius 3 is 2.60 bits per heavy atom. The molecule has 0 aliphatic carbocycles. The molecule has 0 aliphatic rings. The Morgan fingerprint density at radius 1 is 1.00 bits per heavy atom. The predicted octanol–water partition coefficient (Wildman–Crippen LogP) is 3.95. The number of anilines is 2. The Kier molecular flexibility index (Phi) is 3.53. The van der Waals surface area contributed by atoms with Crippen LogP contribution in [0.1, 0.15) is 17.0 Å². The van der Waals surface area contributed by atoms with Gasteiger partial charge in [-0.2, -0.15) is 4.52 Å². The minimum Gasteiger partial charge on any atom is -0.497 e. The van der Waals surface area contributed by atoms with Gasteiger partial charge in [0.25, 0.3) is 0 Å². The molecule has 4 rings (SSSR count). The van der Waals surface area contributed by atoms with Crippen molar-refractivity contribution in [2.45, 2.75) is 20.8 Å². The van der Waals surface area contributed by atoms with Gasteiger partial charge in [-0.15, -0.1) is 5.10 Å². The van der Waals surface area contributed by atoms with Gasteiger partial charge in [0.1, 0.15) is 11.6 Å². The lowest BCUT2D eigenvalue weighted by atomic mass is 10.2.